The second-order valence-electron chi connectivity index (χ2n) is 6.07. The molecule has 0 saturated heterocycles. The highest BCUT2D eigenvalue weighted by Gasteiger charge is 2.29. The van der Waals surface area contributed by atoms with E-state index in [1.54, 1.807) is 0 Å². The zero-order chi connectivity index (χ0) is 15.8. The fraction of sp³-hybridized carbons (Fsp3) is 1.00. The summed E-state index contributed by atoms with van der Waals surface area (Å²) in [6.07, 6.45) is 13.4. The summed E-state index contributed by atoms with van der Waals surface area (Å²) >= 11 is 0. The van der Waals surface area contributed by atoms with Gasteiger partial charge in [-0.3, -0.25) is 0 Å². The molecule has 128 valence electrons. The van der Waals surface area contributed by atoms with E-state index >= 15 is 0 Å². The van der Waals surface area contributed by atoms with Crippen molar-refractivity contribution in [1.29, 1.82) is 0 Å². The summed E-state index contributed by atoms with van der Waals surface area (Å²) in [5.41, 5.74) is 5.49. The minimum atomic E-state index is -1.85. The number of hydrogen-bond donors (Lipinski definition) is 1. The first kappa shape index (κ1) is 21.1. The van der Waals surface area contributed by atoms with Crippen LogP contribution in [-0.2, 0) is 8.85 Å². The standard InChI is InChI=1S/C17H39NO2Si/c1-4-19-21(3,20-5-2)17-15-13-11-9-7-6-8-10-12-14-16-18/h4-18H2,1-3H3. The molecule has 0 aliphatic carbocycles. The second-order valence-corrected chi connectivity index (χ2v) is 9.42. The summed E-state index contributed by atoms with van der Waals surface area (Å²) in [6, 6.07) is 1.15. The third-order valence-electron chi connectivity index (χ3n) is 3.98. The summed E-state index contributed by atoms with van der Waals surface area (Å²) in [6.45, 7) is 8.77. The van der Waals surface area contributed by atoms with Gasteiger partial charge in [0.05, 0.1) is 0 Å². The highest BCUT2D eigenvalue weighted by molar-refractivity contribution is 6.66. The van der Waals surface area contributed by atoms with E-state index in [1.165, 1.54) is 64.2 Å². The monoisotopic (exact) mass is 317 g/mol. The lowest BCUT2D eigenvalue weighted by Gasteiger charge is -2.25. The van der Waals surface area contributed by atoms with Gasteiger partial charge in [-0.2, -0.15) is 0 Å². The van der Waals surface area contributed by atoms with Crippen LogP contribution in [-0.4, -0.2) is 28.3 Å². The lowest BCUT2D eigenvalue weighted by molar-refractivity contribution is 0.188. The Balaban J connectivity index is 3.37. The predicted octanol–water partition coefficient (Wildman–Crippen LogP) is 4.99. The van der Waals surface area contributed by atoms with E-state index in [9.17, 15) is 0 Å². The number of rotatable bonds is 16. The molecule has 0 spiro atoms. The van der Waals surface area contributed by atoms with Crippen molar-refractivity contribution in [2.75, 3.05) is 19.8 Å². The molecule has 3 nitrogen and oxygen atoms in total. The Hall–Kier alpha value is 0.0969. The van der Waals surface area contributed by atoms with Crippen molar-refractivity contribution >= 4 is 8.56 Å². The molecular formula is C17H39NO2Si. The normalized spacial score (nSPS) is 12.0. The Morgan fingerprint density at radius 1 is 0.667 bits per heavy atom. The van der Waals surface area contributed by atoms with Gasteiger partial charge >= 0.3 is 8.56 Å². The molecule has 2 N–H and O–H groups in total. The van der Waals surface area contributed by atoms with Crippen LogP contribution in [0.15, 0.2) is 0 Å². The fourth-order valence-electron chi connectivity index (χ4n) is 2.80. The molecule has 0 aliphatic heterocycles. The topological polar surface area (TPSA) is 44.5 Å². The van der Waals surface area contributed by atoms with E-state index in [0.717, 1.165) is 25.8 Å². The van der Waals surface area contributed by atoms with Crippen molar-refractivity contribution in [2.45, 2.75) is 90.6 Å². The van der Waals surface area contributed by atoms with Gasteiger partial charge in [-0.15, -0.1) is 0 Å². The zero-order valence-electron chi connectivity index (χ0n) is 14.8. The Kier molecular flexibility index (Phi) is 15.1. The van der Waals surface area contributed by atoms with Crippen LogP contribution in [0.5, 0.6) is 0 Å². The summed E-state index contributed by atoms with van der Waals surface area (Å²) < 4.78 is 11.7. The van der Waals surface area contributed by atoms with E-state index in [2.05, 4.69) is 20.4 Å². The molecule has 4 heteroatoms. The molecule has 0 atom stereocenters. The van der Waals surface area contributed by atoms with Crippen molar-refractivity contribution in [3.8, 4) is 0 Å². The minimum absolute atomic E-state index is 0.785. The Morgan fingerprint density at radius 3 is 1.43 bits per heavy atom. The molecular weight excluding hydrogens is 278 g/mol. The maximum absolute atomic E-state index is 5.87. The molecule has 0 amide bonds. The van der Waals surface area contributed by atoms with E-state index < -0.39 is 8.56 Å². The van der Waals surface area contributed by atoms with Crippen LogP contribution in [0.2, 0.25) is 12.6 Å². The van der Waals surface area contributed by atoms with E-state index in [4.69, 9.17) is 14.6 Å². The largest absolute Gasteiger partial charge is 0.395 e. The summed E-state index contributed by atoms with van der Waals surface area (Å²) in [7, 11) is -1.85. The molecule has 0 aromatic carbocycles. The van der Waals surface area contributed by atoms with Gasteiger partial charge in [-0.25, -0.2) is 0 Å². The van der Waals surface area contributed by atoms with E-state index in [0.29, 0.717) is 0 Å². The highest BCUT2D eigenvalue weighted by atomic mass is 28.4. The lowest BCUT2D eigenvalue weighted by atomic mass is 10.1. The SMILES string of the molecule is CCO[Si](C)(CCCCCCCCCCCCN)OCC. The Labute approximate surface area is 134 Å². The lowest BCUT2D eigenvalue weighted by Crippen LogP contribution is -2.38. The molecule has 21 heavy (non-hydrogen) atoms. The van der Waals surface area contributed by atoms with Crippen LogP contribution in [0.25, 0.3) is 0 Å². The van der Waals surface area contributed by atoms with Crippen molar-refractivity contribution < 1.29 is 8.85 Å². The highest BCUT2D eigenvalue weighted by Crippen LogP contribution is 2.19. The predicted molar refractivity (Wildman–Crippen MR) is 94.9 cm³/mol. The van der Waals surface area contributed by atoms with Gasteiger partial charge in [0.15, 0.2) is 0 Å². The third-order valence-corrected chi connectivity index (χ3v) is 7.04. The van der Waals surface area contributed by atoms with E-state index in [1.807, 2.05) is 0 Å². The molecule has 0 rings (SSSR count). The number of nitrogens with two attached hydrogens (primary N) is 1. The molecule has 0 aromatic heterocycles. The summed E-state index contributed by atoms with van der Waals surface area (Å²) in [5.74, 6) is 0. The maximum Gasteiger partial charge on any atom is 0.334 e. The van der Waals surface area contributed by atoms with Gasteiger partial charge in [0.25, 0.3) is 0 Å². The zero-order valence-corrected chi connectivity index (χ0v) is 15.8. The van der Waals surface area contributed by atoms with Crippen molar-refractivity contribution in [2.24, 2.45) is 5.73 Å². The third kappa shape index (κ3) is 13.5. The minimum Gasteiger partial charge on any atom is -0.395 e. The quantitative estimate of drug-likeness (QED) is 0.322. The Morgan fingerprint density at radius 2 is 1.05 bits per heavy atom. The summed E-state index contributed by atoms with van der Waals surface area (Å²) in [5, 5.41) is 0. The van der Waals surface area contributed by atoms with Crippen LogP contribution in [0.4, 0.5) is 0 Å². The van der Waals surface area contributed by atoms with Gasteiger partial charge in [0.1, 0.15) is 0 Å². The van der Waals surface area contributed by atoms with Gasteiger partial charge in [0, 0.05) is 13.2 Å². The number of unbranched alkanes of at least 4 members (excludes halogenated alkanes) is 9. The van der Waals surface area contributed by atoms with E-state index in [-0.39, 0.29) is 0 Å². The molecule has 0 saturated carbocycles. The molecule has 0 bridgehead atoms. The second kappa shape index (κ2) is 15.0. The number of hydrogen-bond acceptors (Lipinski definition) is 3. The van der Waals surface area contributed by atoms with Crippen molar-refractivity contribution in [3.63, 3.8) is 0 Å². The van der Waals surface area contributed by atoms with Crippen LogP contribution < -0.4 is 5.73 Å². The van der Waals surface area contributed by atoms with Crippen LogP contribution in [0.1, 0.15) is 78.1 Å². The fourth-order valence-corrected chi connectivity index (χ4v) is 5.29. The average molecular weight is 318 g/mol. The van der Waals surface area contributed by atoms with Crippen molar-refractivity contribution in [1.82, 2.24) is 0 Å². The summed E-state index contributed by atoms with van der Waals surface area (Å²) in [4.78, 5) is 0. The maximum atomic E-state index is 5.87. The first-order chi connectivity index (χ1) is 10.2. The molecule has 0 aromatic rings. The van der Waals surface area contributed by atoms with Gasteiger partial charge < -0.3 is 14.6 Å². The Bertz CT molecular complexity index is 209. The first-order valence-corrected chi connectivity index (χ1v) is 11.7. The van der Waals surface area contributed by atoms with Gasteiger partial charge in [0.2, 0.25) is 0 Å². The van der Waals surface area contributed by atoms with Gasteiger partial charge in [-0.1, -0.05) is 57.8 Å². The van der Waals surface area contributed by atoms with Crippen molar-refractivity contribution in [3.05, 3.63) is 0 Å². The molecule has 0 aliphatic rings. The first-order valence-electron chi connectivity index (χ1n) is 9.16. The van der Waals surface area contributed by atoms with Crippen LogP contribution in [0, 0.1) is 0 Å². The van der Waals surface area contributed by atoms with Crippen LogP contribution in [0.3, 0.4) is 0 Å². The molecule has 0 radical (unpaired) electrons. The van der Waals surface area contributed by atoms with Crippen LogP contribution >= 0.6 is 0 Å². The van der Waals surface area contributed by atoms with Gasteiger partial charge in [-0.05, 0) is 39.4 Å². The molecule has 0 heterocycles. The smallest absolute Gasteiger partial charge is 0.334 e. The molecule has 0 fully saturated rings. The molecule has 0 unspecified atom stereocenters. The average Bonchev–Trinajstić information content (AvgIpc) is 2.45.